The molecule has 0 aliphatic rings. The molecule has 0 spiro atoms. The average molecular weight is 311 g/mol. The SMILES string of the molecule is CCC(Nc1ccc(OC)nc1)c1ccc(Cl)c(Cl)c1. The first-order valence-electron chi connectivity index (χ1n) is 6.35. The van der Waals surface area contributed by atoms with Gasteiger partial charge in [-0.2, -0.15) is 0 Å². The van der Waals surface area contributed by atoms with E-state index in [1.807, 2.05) is 30.3 Å². The summed E-state index contributed by atoms with van der Waals surface area (Å²) in [6.07, 6.45) is 2.67. The van der Waals surface area contributed by atoms with Crippen molar-refractivity contribution < 1.29 is 4.74 Å². The zero-order chi connectivity index (χ0) is 14.5. The second kappa shape index (κ2) is 6.82. The highest BCUT2D eigenvalue weighted by Gasteiger charge is 2.11. The number of anilines is 1. The molecule has 20 heavy (non-hydrogen) atoms. The van der Waals surface area contributed by atoms with Crippen LogP contribution in [0, 0.1) is 0 Å². The first-order chi connectivity index (χ1) is 9.63. The molecular formula is C15H16Cl2N2O. The first-order valence-corrected chi connectivity index (χ1v) is 7.11. The van der Waals surface area contributed by atoms with Gasteiger partial charge in [0.1, 0.15) is 0 Å². The van der Waals surface area contributed by atoms with Gasteiger partial charge in [-0.25, -0.2) is 4.98 Å². The van der Waals surface area contributed by atoms with Crippen LogP contribution in [0.3, 0.4) is 0 Å². The molecule has 0 saturated carbocycles. The Morgan fingerprint density at radius 3 is 2.55 bits per heavy atom. The first kappa shape index (κ1) is 14.9. The standard InChI is InChI=1S/C15H16Cl2N2O/c1-3-14(10-4-6-12(16)13(17)8-10)19-11-5-7-15(20-2)18-9-11/h4-9,14,19H,3H2,1-2H3. The number of pyridine rings is 1. The van der Waals surface area contributed by atoms with E-state index in [0.29, 0.717) is 15.9 Å². The number of benzene rings is 1. The van der Waals surface area contributed by atoms with Gasteiger partial charge in [-0.15, -0.1) is 0 Å². The minimum Gasteiger partial charge on any atom is -0.481 e. The van der Waals surface area contributed by atoms with E-state index in [1.165, 1.54) is 0 Å². The van der Waals surface area contributed by atoms with Crippen molar-refractivity contribution in [2.75, 3.05) is 12.4 Å². The lowest BCUT2D eigenvalue weighted by Gasteiger charge is -2.19. The summed E-state index contributed by atoms with van der Waals surface area (Å²) in [4.78, 5) is 4.18. The molecule has 5 heteroatoms. The van der Waals surface area contributed by atoms with E-state index in [0.717, 1.165) is 17.7 Å². The van der Waals surface area contributed by atoms with Crippen LogP contribution in [-0.2, 0) is 0 Å². The molecule has 1 aromatic heterocycles. The quantitative estimate of drug-likeness (QED) is 0.847. The number of ether oxygens (including phenoxy) is 1. The summed E-state index contributed by atoms with van der Waals surface area (Å²) in [6.45, 7) is 2.11. The molecule has 0 fully saturated rings. The summed E-state index contributed by atoms with van der Waals surface area (Å²) in [6, 6.07) is 9.60. The maximum Gasteiger partial charge on any atom is 0.213 e. The van der Waals surface area contributed by atoms with Crippen LogP contribution < -0.4 is 10.1 Å². The smallest absolute Gasteiger partial charge is 0.213 e. The number of hydrogen-bond acceptors (Lipinski definition) is 3. The Kier molecular flexibility index (Phi) is 5.10. The summed E-state index contributed by atoms with van der Waals surface area (Å²) in [5.41, 5.74) is 2.03. The average Bonchev–Trinajstić information content (AvgIpc) is 2.48. The molecule has 1 N–H and O–H groups in total. The minimum absolute atomic E-state index is 0.153. The topological polar surface area (TPSA) is 34.1 Å². The highest BCUT2D eigenvalue weighted by molar-refractivity contribution is 6.42. The molecule has 0 bridgehead atoms. The van der Waals surface area contributed by atoms with Crippen LogP contribution in [0.1, 0.15) is 24.9 Å². The van der Waals surface area contributed by atoms with Crippen molar-refractivity contribution in [3.05, 3.63) is 52.1 Å². The highest BCUT2D eigenvalue weighted by Crippen LogP contribution is 2.29. The van der Waals surface area contributed by atoms with E-state index in [9.17, 15) is 0 Å². The molecular weight excluding hydrogens is 295 g/mol. The zero-order valence-corrected chi connectivity index (χ0v) is 12.9. The van der Waals surface area contributed by atoms with E-state index >= 15 is 0 Å². The Morgan fingerprint density at radius 2 is 2.00 bits per heavy atom. The normalized spacial score (nSPS) is 12.0. The molecule has 1 heterocycles. The monoisotopic (exact) mass is 310 g/mol. The van der Waals surface area contributed by atoms with Gasteiger partial charge in [-0.3, -0.25) is 0 Å². The van der Waals surface area contributed by atoms with Gasteiger partial charge >= 0.3 is 0 Å². The van der Waals surface area contributed by atoms with Crippen LogP contribution in [0.5, 0.6) is 5.88 Å². The van der Waals surface area contributed by atoms with Crippen molar-refractivity contribution in [2.45, 2.75) is 19.4 Å². The number of nitrogens with zero attached hydrogens (tertiary/aromatic N) is 1. The molecule has 2 aromatic rings. The van der Waals surface area contributed by atoms with Gasteiger partial charge in [-0.05, 0) is 30.2 Å². The number of rotatable bonds is 5. The Balaban J connectivity index is 2.16. The number of methoxy groups -OCH3 is 1. The van der Waals surface area contributed by atoms with E-state index in [4.69, 9.17) is 27.9 Å². The predicted octanol–water partition coefficient (Wildman–Crippen LogP) is 4.96. The van der Waals surface area contributed by atoms with E-state index in [-0.39, 0.29) is 6.04 Å². The summed E-state index contributed by atoms with van der Waals surface area (Å²) < 4.78 is 5.04. The molecule has 2 rings (SSSR count). The largest absolute Gasteiger partial charge is 0.481 e. The lowest BCUT2D eigenvalue weighted by atomic mass is 10.0. The fourth-order valence-corrected chi connectivity index (χ4v) is 2.24. The van der Waals surface area contributed by atoms with Crippen LogP contribution >= 0.6 is 23.2 Å². The van der Waals surface area contributed by atoms with Crippen molar-refractivity contribution >= 4 is 28.9 Å². The molecule has 1 unspecified atom stereocenters. The summed E-state index contributed by atoms with van der Waals surface area (Å²) >= 11 is 12.0. The number of halogens is 2. The van der Waals surface area contributed by atoms with Crippen LogP contribution in [0.2, 0.25) is 10.0 Å². The fraction of sp³-hybridized carbons (Fsp3) is 0.267. The van der Waals surface area contributed by atoms with Crippen LogP contribution in [-0.4, -0.2) is 12.1 Å². The molecule has 106 valence electrons. The second-order valence-electron chi connectivity index (χ2n) is 4.37. The van der Waals surface area contributed by atoms with Gasteiger partial charge in [0.25, 0.3) is 0 Å². The van der Waals surface area contributed by atoms with Crippen LogP contribution in [0.25, 0.3) is 0 Å². The number of hydrogen-bond donors (Lipinski definition) is 1. The van der Waals surface area contributed by atoms with Gasteiger partial charge in [0.15, 0.2) is 0 Å². The maximum absolute atomic E-state index is 6.07. The van der Waals surface area contributed by atoms with Crippen LogP contribution in [0.15, 0.2) is 36.5 Å². The molecule has 0 aliphatic carbocycles. The molecule has 3 nitrogen and oxygen atoms in total. The van der Waals surface area contributed by atoms with Gasteiger partial charge in [0, 0.05) is 6.07 Å². The van der Waals surface area contributed by atoms with E-state index in [2.05, 4.69) is 17.2 Å². The summed E-state index contributed by atoms with van der Waals surface area (Å²) in [7, 11) is 1.60. The molecule has 0 amide bonds. The van der Waals surface area contributed by atoms with Crippen molar-refractivity contribution in [2.24, 2.45) is 0 Å². The van der Waals surface area contributed by atoms with E-state index in [1.54, 1.807) is 13.3 Å². The number of aromatic nitrogens is 1. The van der Waals surface area contributed by atoms with Gasteiger partial charge in [0.05, 0.1) is 35.1 Å². The molecule has 0 saturated heterocycles. The highest BCUT2D eigenvalue weighted by atomic mass is 35.5. The second-order valence-corrected chi connectivity index (χ2v) is 5.18. The van der Waals surface area contributed by atoms with Gasteiger partial charge in [-0.1, -0.05) is 36.2 Å². The van der Waals surface area contributed by atoms with Gasteiger partial charge < -0.3 is 10.1 Å². The third kappa shape index (κ3) is 3.56. The molecule has 1 aromatic carbocycles. The predicted molar refractivity (Wildman–Crippen MR) is 83.9 cm³/mol. The van der Waals surface area contributed by atoms with Crippen molar-refractivity contribution in [3.8, 4) is 5.88 Å². The van der Waals surface area contributed by atoms with Gasteiger partial charge in [0.2, 0.25) is 5.88 Å². The Labute approximate surface area is 128 Å². The van der Waals surface area contributed by atoms with Crippen molar-refractivity contribution in [1.29, 1.82) is 0 Å². The molecule has 0 radical (unpaired) electrons. The molecule has 1 atom stereocenters. The lowest BCUT2D eigenvalue weighted by Crippen LogP contribution is -2.09. The van der Waals surface area contributed by atoms with Crippen LogP contribution in [0.4, 0.5) is 5.69 Å². The van der Waals surface area contributed by atoms with Crippen molar-refractivity contribution in [3.63, 3.8) is 0 Å². The summed E-state index contributed by atoms with van der Waals surface area (Å²) in [5, 5.41) is 4.56. The van der Waals surface area contributed by atoms with E-state index < -0.39 is 0 Å². The lowest BCUT2D eigenvalue weighted by molar-refractivity contribution is 0.398. The van der Waals surface area contributed by atoms with Crippen molar-refractivity contribution in [1.82, 2.24) is 4.98 Å². The third-order valence-electron chi connectivity index (χ3n) is 3.04. The Hall–Kier alpha value is -1.45. The Bertz CT molecular complexity index is 573. The molecule has 0 aliphatic heterocycles. The Morgan fingerprint density at radius 1 is 1.20 bits per heavy atom. The minimum atomic E-state index is 0.153. The number of nitrogens with one attached hydrogen (secondary N) is 1. The fourth-order valence-electron chi connectivity index (χ4n) is 1.94. The zero-order valence-electron chi connectivity index (χ0n) is 11.4. The third-order valence-corrected chi connectivity index (χ3v) is 3.78. The maximum atomic E-state index is 6.07. The summed E-state index contributed by atoms with van der Waals surface area (Å²) in [5.74, 6) is 0.595.